The Morgan fingerprint density at radius 1 is 1.21 bits per heavy atom. The van der Waals surface area contributed by atoms with Crippen LogP contribution in [-0.2, 0) is 6.42 Å². The largest absolute Gasteiger partial charge is 0.494 e. The number of amides is 1. The normalized spacial score (nSPS) is 16.1. The van der Waals surface area contributed by atoms with Crippen LogP contribution in [0, 0.1) is 5.92 Å². The standard InChI is InChI=1S/C22H27N3O3/c23-22(27)18-14-25(19-3-1-4-20(26)21(18)19)16-7-9-17(10-8-16)28-12-2-11-24-13-15-5-6-15/h7-10,14-15,24H,1-6,11-13H2,(H2,23,27). The molecule has 28 heavy (non-hydrogen) atoms. The van der Waals surface area contributed by atoms with Gasteiger partial charge in [-0.15, -0.1) is 0 Å². The first kappa shape index (κ1) is 18.7. The summed E-state index contributed by atoms with van der Waals surface area (Å²) in [6, 6.07) is 7.75. The van der Waals surface area contributed by atoms with Crippen LogP contribution in [0.25, 0.3) is 5.69 Å². The van der Waals surface area contributed by atoms with Gasteiger partial charge in [0, 0.05) is 24.0 Å². The average molecular weight is 381 g/mol. The molecule has 3 N–H and O–H groups in total. The van der Waals surface area contributed by atoms with Crippen molar-refractivity contribution in [3.63, 3.8) is 0 Å². The van der Waals surface area contributed by atoms with Gasteiger partial charge in [0.05, 0.1) is 17.7 Å². The lowest BCUT2D eigenvalue weighted by Gasteiger charge is -2.15. The number of fused-ring (bicyclic) bond motifs is 1. The third-order valence-electron chi connectivity index (χ3n) is 5.48. The molecule has 148 valence electrons. The first-order chi connectivity index (χ1) is 13.6. The van der Waals surface area contributed by atoms with Gasteiger partial charge in [0.2, 0.25) is 0 Å². The Labute approximate surface area is 165 Å². The molecule has 0 atom stereocenters. The fourth-order valence-corrected chi connectivity index (χ4v) is 3.78. The van der Waals surface area contributed by atoms with Crippen LogP contribution >= 0.6 is 0 Å². The smallest absolute Gasteiger partial charge is 0.251 e. The Kier molecular flexibility index (Phi) is 5.48. The van der Waals surface area contributed by atoms with E-state index in [1.54, 1.807) is 6.20 Å². The zero-order chi connectivity index (χ0) is 19.5. The van der Waals surface area contributed by atoms with E-state index < -0.39 is 5.91 Å². The van der Waals surface area contributed by atoms with Gasteiger partial charge in [0.15, 0.2) is 5.78 Å². The van der Waals surface area contributed by atoms with E-state index in [4.69, 9.17) is 10.5 Å². The molecular formula is C22H27N3O3. The second-order valence-electron chi connectivity index (χ2n) is 7.72. The van der Waals surface area contributed by atoms with Gasteiger partial charge in [-0.05, 0) is 75.4 Å². The van der Waals surface area contributed by atoms with Crippen molar-refractivity contribution in [3.05, 3.63) is 47.3 Å². The highest BCUT2D eigenvalue weighted by Gasteiger charge is 2.28. The van der Waals surface area contributed by atoms with E-state index in [9.17, 15) is 9.59 Å². The van der Waals surface area contributed by atoms with Crippen molar-refractivity contribution in [2.45, 2.75) is 38.5 Å². The summed E-state index contributed by atoms with van der Waals surface area (Å²) >= 11 is 0. The number of hydrogen-bond acceptors (Lipinski definition) is 4. The third-order valence-corrected chi connectivity index (χ3v) is 5.48. The van der Waals surface area contributed by atoms with Crippen molar-refractivity contribution in [1.29, 1.82) is 0 Å². The lowest BCUT2D eigenvalue weighted by atomic mass is 9.93. The van der Waals surface area contributed by atoms with Crippen LogP contribution in [0.15, 0.2) is 30.5 Å². The van der Waals surface area contributed by atoms with Gasteiger partial charge >= 0.3 is 0 Å². The highest BCUT2D eigenvalue weighted by atomic mass is 16.5. The first-order valence-corrected chi connectivity index (χ1v) is 10.1. The summed E-state index contributed by atoms with van der Waals surface area (Å²) in [5.74, 6) is 1.17. The van der Waals surface area contributed by atoms with Crippen molar-refractivity contribution in [1.82, 2.24) is 9.88 Å². The quantitative estimate of drug-likeness (QED) is 0.654. The summed E-state index contributed by atoms with van der Waals surface area (Å²) in [6.45, 7) is 2.79. The van der Waals surface area contributed by atoms with Gasteiger partial charge in [-0.25, -0.2) is 0 Å². The van der Waals surface area contributed by atoms with E-state index in [0.29, 0.717) is 24.2 Å². The molecule has 0 radical (unpaired) electrons. The van der Waals surface area contributed by atoms with E-state index in [1.807, 2.05) is 28.8 Å². The van der Waals surface area contributed by atoms with E-state index >= 15 is 0 Å². The van der Waals surface area contributed by atoms with E-state index in [-0.39, 0.29) is 5.78 Å². The molecule has 1 saturated carbocycles. The van der Waals surface area contributed by atoms with E-state index in [2.05, 4.69) is 5.32 Å². The van der Waals surface area contributed by atoms with Crippen molar-refractivity contribution < 1.29 is 14.3 Å². The fourth-order valence-electron chi connectivity index (χ4n) is 3.78. The number of hydrogen-bond donors (Lipinski definition) is 2. The van der Waals surface area contributed by atoms with Crippen LogP contribution in [0.2, 0.25) is 0 Å². The molecule has 2 aliphatic carbocycles. The predicted octanol–water partition coefficient (Wildman–Crippen LogP) is 2.86. The molecule has 1 aromatic heterocycles. The molecule has 2 aliphatic rings. The zero-order valence-corrected chi connectivity index (χ0v) is 16.1. The number of benzene rings is 1. The van der Waals surface area contributed by atoms with Gasteiger partial charge in [-0.2, -0.15) is 0 Å². The highest BCUT2D eigenvalue weighted by molar-refractivity contribution is 6.09. The van der Waals surface area contributed by atoms with Crippen LogP contribution in [-0.4, -0.2) is 36.0 Å². The molecular weight excluding hydrogens is 354 g/mol. The number of carbonyl (C=O) groups excluding carboxylic acids is 2. The number of nitrogens with one attached hydrogen (secondary N) is 1. The molecule has 2 aromatic rings. The monoisotopic (exact) mass is 381 g/mol. The SMILES string of the molecule is NC(=O)c1cn(-c2ccc(OCCCNCC3CC3)cc2)c2c1C(=O)CCC2. The summed E-state index contributed by atoms with van der Waals surface area (Å²) in [4.78, 5) is 24.1. The molecule has 1 fully saturated rings. The fraction of sp³-hybridized carbons (Fsp3) is 0.455. The van der Waals surface area contributed by atoms with Gasteiger partial charge in [-0.1, -0.05) is 0 Å². The van der Waals surface area contributed by atoms with E-state index in [0.717, 1.165) is 55.4 Å². The van der Waals surface area contributed by atoms with Crippen molar-refractivity contribution in [3.8, 4) is 11.4 Å². The number of carbonyl (C=O) groups is 2. The molecule has 0 saturated heterocycles. The molecule has 0 spiro atoms. The third kappa shape index (κ3) is 4.12. The average Bonchev–Trinajstić information content (AvgIpc) is 3.43. The number of ketones is 1. The Morgan fingerprint density at radius 2 is 2.00 bits per heavy atom. The molecule has 6 nitrogen and oxygen atoms in total. The highest BCUT2D eigenvalue weighted by Crippen LogP contribution is 2.30. The van der Waals surface area contributed by atoms with E-state index in [1.165, 1.54) is 12.8 Å². The number of aromatic nitrogens is 1. The summed E-state index contributed by atoms with van der Waals surface area (Å²) in [5.41, 5.74) is 8.09. The molecule has 0 bridgehead atoms. The van der Waals surface area contributed by atoms with Crippen molar-refractivity contribution >= 4 is 11.7 Å². The Balaban J connectivity index is 1.40. The topological polar surface area (TPSA) is 86.3 Å². The Bertz CT molecular complexity index is 866. The minimum atomic E-state index is -0.555. The summed E-state index contributed by atoms with van der Waals surface area (Å²) in [5, 5.41) is 3.46. The first-order valence-electron chi connectivity index (χ1n) is 10.1. The molecule has 1 aromatic carbocycles. The molecule has 1 amide bonds. The number of nitrogens with two attached hydrogens (primary N) is 1. The Hall–Kier alpha value is -2.60. The maximum atomic E-state index is 12.3. The molecule has 4 rings (SSSR count). The molecule has 0 aliphatic heterocycles. The number of nitrogens with zero attached hydrogens (tertiary/aromatic N) is 1. The molecule has 1 heterocycles. The van der Waals surface area contributed by atoms with Gasteiger partial charge < -0.3 is 20.4 Å². The summed E-state index contributed by atoms with van der Waals surface area (Å²) in [7, 11) is 0. The second-order valence-corrected chi connectivity index (χ2v) is 7.72. The van der Waals surface area contributed by atoms with Crippen LogP contribution in [0.1, 0.15) is 58.5 Å². The van der Waals surface area contributed by atoms with Crippen LogP contribution < -0.4 is 15.8 Å². The number of rotatable bonds is 9. The zero-order valence-electron chi connectivity index (χ0n) is 16.1. The molecule has 6 heteroatoms. The maximum Gasteiger partial charge on any atom is 0.251 e. The summed E-state index contributed by atoms with van der Waals surface area (Å²) < 4.78 is 7.73. The summed E-state index contributed by atoms with van der Waals surface area (Å²) in [6.07, 6.45) is 7.44. The van der Waals surface area contributed by atoms with Gasteiger partial charge in [-0.3, -0.25) is 9.59 Å². The minimum Gasteiger partial charge on any atom is -0.494 e. The predicted molar refractivity (Wildman–Crippen MR) is 107 cm³/mol. The van der Waals surface area contributed by atoms with Crippen molar-refractivity contribution in [2.75, 3.05) is 19.7 Å². The second kappa shape index (κ2) is 8.19. The van der Waals surface area contributed by atoms with Crippen LogP contribution in [0.3, 0.4) is 0 Å². The molecule has 0 unspecified atom stereocenters. The maximum absolute atomic E-state index is 12.3. The van der Waals surface area contributed by atoms with Crippen LogP contribution in [0.5, 0.6) is 5.75 Å². The Morgan fingerprint density at radius 3 is 2.71 bits per heavy atom. The number of primary amides is 1. The number of Topliss-reactive ketones (excluding diaryl/α,β-unsaturated/α-hetero) is 1. The van der Waals surface area contributed by atoms with Gasteiger partial charge in [0.25, 0.3) is 5.91 Å². The minimum absolute atomic E-state index is 0.00375. The number of ether oxygens (including phenoxy) is 1. The van der Waals surface area contributed by atoms with Crippen molar-refractivity contribution in [2.24, 2.45) is 11.7 Å². The lowest BCUT2D eigenvalue weighted by Crippen LogP contribution is -2.19. The van der Waals surface area contributed by atoms with Crippen LogP contribution in [0.4, 0.5) is 0 Å². The lowest BCUT2D eigenvalue weighted by molar-refractivity contribution is 0.0950. The van der Waals surface area contributed by atoms with Gasteiger partial charge in [0.1, 0.15) is 5.75 Å².